The van der Waals surface area contributed by atoms with E-state index >= 15 is 0 Å². The fourth-order valence-corrected chi connectivity index (χ4v) is 4.63. The smallest absolute Gasteiger partial charge is 0.192 e. The van der Waals surface area contributed by atoms with E-state index in [4.69, 9.17) is 14.5 Å². The van der Waals surface area contributed by atoms with Gasteiger partial charge in [0, 0.05) is 5.56 Å². The van der Waals surface area contributed by atoms with Crippen molar-refractivity contribution in [1.82, 2.24) is 9.97 Å². The van der Waals surface area contributed by atoms with Crippen molar-refractivity contribution in [2.24, 2.45) is 5.92 Å². The third-order valence-corrected chi connectivity index (χ3v) is 6.24. The van der Waals surface area contributed by atoms with Crippen molar-refractivity contribution in [1.29, 1.82) is 0 Å². The summed E-state index contributed by atoms with van der Waals surface area (Å²) in [6.07, 6.45) is 11.2. The number of H-pyrrole nitrogens is 1. The minimum Gasteiger partial charge on any atom is -0.344 e. The molecule has 4 heteroatoms. The standard InChI is InChI=1S/C25H28N2O2/c1-25(28-15-16-29-25)21-10-6-5-9-20(21)19-12-13-22-23(17-19)27-24(26-22)14-11-18-7-3-2-4-8-18/h5-6,9-14,17-18H,2-4,7-8,15-16H2,1H3,(H,26,27)/b14-11+. The maximum absolute atomic E-state index is 5.92. The van der Waals surface area contributed by atoms with E-state index in [0.717, 1.165) is 33.5 Å². The van der Waals surface area contributed by atoms with Crippen LogP contribution >= 0.6 is 0 Å². The van der Waals surface area contributed by atoms with Gasteiger partial charge in [0.1, 0.15) is 5.82 Å². The van der Waals surface area contributed by atoms with Crippen LogP contribution in [-0.2, 0) is 15.3 Å². The third kappa shape index (κ3) is 3.75. The number of hydrogen-bond acceptors (Lipinski definition) is 3. The van der Waals surface area contributed by atoms with Crippen LogP contribution in [0.25, 0.3) is 28.2 Å². The highest BCUT2D eigenvalue weighted by molar-refractivity contribution is 5.84. The topological polar surface area (TPSA) is 47.1 Å². The van der Waals surface area contributed by atoms with Crippen LogP contribution in [0.5, 0.6) is 0 Å². The molecule has 2 fully saturated rings. The van der Waals surface area contributed by atoms with Gasteiger partial charge in [0.15, 0.2) is 5.79 Å². The Balaban J connectivity index is 1.46. The normalized spacial score (nSPS) is 20.0. The number of imidazole rings is 1. The van der Waals surface area contributed by atoms with Crippen molar-refractivity contribution >= 4 is 17.1 Å². The predicted molar refractivity (Wildman–Crippen MR) is 116 cm³/mol. The molecule has 29 heavy (non-hydrogen) atoms. The molecule has 2 aliphatic rings. The third-order valence-electron chi connectivity index (χ3n) is 6.24. The van der Waals surface area contributed by atoms with Crippen LogP contribution in [0, 0.1) is 5.92 Å². The second-order valence-electron chi connectivity index (χ2n) is 8.30. The number of nitrogens with zero attached hydrogens (tertiary/aromatic N) is 1. The number of rotatable bonds is 4. The van der Waals surface area contributed by atoms with Crippen molar-refractivity contribution in [2.75, 3.05) is 13.2 Å². The average molecular weight is 389 g/mol. The van der Waals surface area contributed by atoms with Crippen molar-refractivity contribution in [2.45, 2.75) is 44.8 Å². The number of aromatic nitrogens is 2. The Kier molecular flexibility index (Phi) is 4.98. The number of nitrogens with one attached hydrogen (secondary N) is 1. The zero-order chi connectivity index (χ0) is 19.7. The summed E-state index contributed by atoms with van der Waals surface area (Å²) in [5, 5.41) is 0. The van der Waals surface area contributed by atoms with E-state index < -0.39 is 5.79 Å². The van der Waals surface area contributed by atoms with Gasteiger partial charge in [-0.1, -0.05) is 55.7 Å². The first-order chi connectivity index (χ1) is 14.2. The Labute approximate surface area is 172 Å². The lowest BCUT2D eigenvalue weighted by atomic mass is 9.89. The minimum atomic E-state index is -0.689. The van der Waals surface area contributed by atoms with Gasteiger partial charge < -0.3 is 14.5 Å². The Hall–Kier alpha value is -2.43. The Morgan fingerprint density at radius 1 is 1.03 bits per heavy atom. The fourth-order valence-electron chi connectivity index (χ4n) is 4.63. The van der Waals surface area contributed by atoms with Crippen LogP contribution in [0.4, 0.5) is 0 Å². The van der Waals surface area contributed by atoms with Gasteiger partial charge in [0.25, 0.3) is 0 Å². The molecule has 1 saturated carbocycles. The van der Waals surface area contributed by atoms with Gasteiger partial charge in [-0.3, -0.25) is 0 Å². The molecule has 0 spiro atoms. The van der Waals surface area contributed by atoms with Gasteiger partial charge in [-0.15, -0.1) is 0 Å². The summed E-state index contributed by atoms with van der Waals surface area (Å²) in [6.45, 7) is 3.25. The van der Waals surface area contributed by atoms with E-state index in [2.05, 4.69) is 53.5 Å². The lowest BCUT2D eigenvalue weighted by Crippen LogP contribution is -2.23. The molecular weight excluding hydrogens is 360 g/mol. The molecule has 0 amide bonds. The van der Waals surface area contributed by atoms with E-state index in [1.165, 1.54) is 32.1 Å². The van der Waals surface area contributed by atoms with Crippen LogP contribution in [0.15, 0.2) is 48.5 Å². The van der Waals surface area contributed by atoms with Gasteiger partial charge >= 0.3 is 0 Å². The van der Waals surface area contributed by atoms with Crippen molar-refractivity contribution in [3.05, 3.63) is 59.9 Å². The lowest BCUT2D eigenvalue weighted by Gasteiger charge is -2.25. The summed E-state index contributed by atoms with van der Waals surface area (Å²) < 4.78 is 11.8. The highest BCUT2D eigenvalue weighted by Crippen LogP contribution is 2.38. The van der Waals surface area contributed by atoms with Crippen LogP contribution in [0.2, 0.25) is 0 Å². The van der Waals surface area contributed by atoms with Crippen LogP contribution in [-0.4, -0.2) is 23.2 Å². The molecule has 3 aromatic rings. The van der Waals surface area contributed by atoms with Crippen molar-refractivity contribution < 1.29 is 9.47 Å². The number of aromatic amines is 1. The molecule has 0 radical (unpaired) electrons. The molecule has 5 rings (SSSR count). The molecule has 2 heterocycles. The quantitative estimate of drug-likeness (QED) is 0.592. The van der Waals surface area contributed by atoms with Gasteiger partial charge in [-0.05, 0) is 55.0 Å². The number of ether oxygens (including phenoxy) is 2. The van der Waals surface area contributed by atoms with E-state index in [9.17, 15) is 0 Å². The summed E-state index contributed by atoms with van der Waals surface area (Å²) >= 11 is 0. The SMILES string of the molecule is CC1(c2ccccc2-c2ccc3[nH]c(/C=C/C4CCCCC4)nc3c2)OCCO1. The second kappa shape index (κ2) is 7.77. The second-order valence-corrected chi connectivity index (χ2v) is 8.30. The first kappa shape index (κ1) is 18.6. The predicted octanol–water partition coefficient (Wildman–Crippen LogP) is 6.04. The van der Waals surface area contributed by atoms with Crippen LogP contribution in [0.3, 0.4) is 0 Å². The molecule has 0 unspecified atom stereocenters. The Bertz CT molecular complexity index is 1020. The van der Waals surface area contributed by atoms with E-state index in [0.29, 0.717) is 19.1 Å². The van der Waals surface area contributed by atoms with Gasteiger partial charge in [-0.2, -0.15) is 0 Å². The van der Waals surface area contributed by atoms with Crippen LogP contribution in [0.1, 0.15) is 50.4 Å². The van der Waals surface area contributed by atoms with Crippen LogP contribution < -0.4 is 0 Å². The summed E-state index contributed by atoms with van der Waals surface area (Å²) in [4.78, 5) is 8.27. The lowest BCUT2D eigenvalue weighted by molar-refractivity contribution is -0.149. The van der Waals surface area contributed by atoms with Gasteiger partial charge in [0.2, 0.25) is 0 Å². The molecule has 1 saturated heterocycles. The van der Waals surface area contributed by atoms with Crippen molar-refractivity contribution in [3.8, 4) is 11.1 Å². The number of benzene rings is 2. The fraction of sp³-hybridized carbons (Fsp3) is 0.400. The zero-order valence-corrected chi connectivity index (χ0v) is 17.0. The summed E-state index contributed by atoms with van der Waals surface area (Å²) in [5.41, 5.74) is 5.36. The van der Waals surface area contributed by atoms with E-state index in [1.54, 1.807) is 0 Å². The van der Waals surface area contributed by atoms with Crippen molar-refractivity contribution in [3.63, 3.8) is 0 Å². The maximum Gasteiger partial charge on any atom is 0.192 e. The number of fused-ring (bicyclic) bond motifs is 1. The molecule has 0 bridgehead atoms. The molecule has 4 nitrogen and oxygen atoms in total. The molecule has 0 atom stereocenters. The maximum atomic E-state index is 5.92. The first-order valence-electron chi connectivity index (χ1n) is 10.8. The highest BCUT2D eigenvalue weighted by Gasteiger charge is 2.35. The average Bonchev–Trinajstić information content (AvgIpc) is 3.39. The first-order valence-corrected chi connectivity index (χ1v) is 10.8. The monoisotopic (exact) mass is 388 g/mol. The molecule has 1 N–H and O–H groups in total. The highest BCUT2D eigenvalue weighted by atomic mass is 16.7. The molecule has 1 aromatic heterocycles. The largest absolute Gasteiger partial charge is 0.344 e. The van der Waals surface area contributed by atoms with E-state index in [-0.39, 0.29) is 0 Å². The summed E-state index contributed by atoms with van der Waals surface area (Å²) in [5.74, 6) is 0.947. The number of allylic oxidation sites excluding steroid dienone is 1. The molecule has 150 valence electrons. The molecular formula is C25H28N2O2. The van der Waals surface area contributed by atoms with Gasteiger partial charge in [-0.25, -0.2) is 4.98 Å². The summed E-state index contributed by atoms with van der Waals surface area (Å²) in [6, 6.07) is 14.7. The zero-order valence-electron chi connectivity index (χ0n) is 17.0. The molecule has 1 aliphatic carbocycles. The van der Waals surface area contributed by atoms with Gasteiger partial charge in [0.05, 0.1) is 24.2 Å². The number of hydrogen-bond donors (Lipinski definition) is 1. The van der Waals surface area contributed by atoms with E-state index in [1.807, 2.05) is 13.0 Å². The molecule has 1 aliphatic heterocycles. The minimum absolute atomic E-state index is 0.625. The Morgan fingerprint density at radius 2 is 1.83 bits per heavy atom. The molecule has 2 aromatic carbocycles. The Morgan fingerprint density at radius 3 is 2.66 bits per heavy atom. The summed E-state index contributed by atoms with van der Waals surface area (Å²) in [7, 11) is 0.